The molecule has 0 aromatic heterocycles. The summed E-state index contributed by atoms with van der Waals surface area (Å²) in [7, 11) is 1.66. The number of thiocarbonyl (C=S) groups is 1. The Balaban J connectivity index is 1.84. The van der Waals surface area contributed by atoms with Crippen LogP contribution in [0.5, 0.6) is 11.5 Å². The van der Waals surface area contributed by atoms with Gasteiger partial charge >= 0.3 is 0 Å². The van der Waals surface area contributed by atoms with Gasteiger partial charge in [0, 0.05) is 17.6 Å². The van der Waals surface area contributed by atoms with Crippen molar-refractivity contribution in [3.8, 4) is 11.5 Å². The number of methoxy groups -OCH3 is 1. The molecule has 0 unspecified atom stereocenters. The molecule has 0 N–H and O–H groups in total. The van der Waals surface area contributed by atoms with Crippen molar-refractivity contribution in [3.05, 3.63) is 58.1 Å². The van der Waals surface area contributed by atoms with Gasteiger partial charge in [-0.15, -0.1) is 0 Å². The normalized spacial score (nSPS) is 13.8. The first-order valence-electron chi connectivity index (χ1n) is 8.02. The van der Waals surface area contributed by atoms with E-state index < -0.39 is 0 Å². The Bertz CT molecular complexity index is 712. The summed E-state index contributed by atoms with van der Waals surface area (Å²) in [5.74, 6) is 1.44. The second kappa shape index (κ2) is 7.99. The number of benzene rings is 2. The van der Waals surface area contributed by atoms with Crippen LogP contribution < -0.4 is 9.47 Å². The third-order valence-electron chi connectivity index (χ3n) is 4.12. The molecule has 3 rings (SSSR count). The number of nitrogens with zero attached hydrogens (tertiary/aromatic N) is 1. The van der Waals surface area contributed by atoms with Crippen LogP contribution in [0.15, 0.2) is 46.9 Å². The average molecular weight is 406 g/mol. The van der Waals surface area contributed by atoms with Crippen LogP contribution in [0.1, 0.15) is 24.0 Å². The zero-order chi connectivity index (χ0) is 16.9. The fraction of sp³-hybridized carbons (Fsp3) is 0.316. The van der Waals surface area contributed by atoms with Crippen molar-refractivity contribution in [2.45, 2.75) is 19.4 Å². The largest absolute Gasteiger partial charge is 0.493 e. The molecule has 0 bridgehead atoms. The molecule has 1 aliphatic rings. The average Bonchev–Trinajstić information content (AvgIpc) is 3.15. The van der Waals surface area contributed by atoms with Crippen LogP contribution in [0, 0.1) is 0 Å². The molecule has 3 nitrogen and oxygen atoms in total. The Morgan fingerprint density at radius 3 is 2.50 bits per heavy atom. The second-order valence-corrected chi connectivity index (χ2v) is 7.05. The van der Waals surface area contributed by atoms with Crippen LogP contribution >= 0.6 is 28.1 Å². The summed E-state index contributed by atoms with van der Waals surface area (Å²) in [6.07, 6.45) is 2.39. The monoisotopic (exact) mass is 405 g/mol. The van der Waals surface area contributed by atoms with Crippen LogP contribution in [0.3, 0.4) is 0 Å². The van der Waals surface area contributed by atoms with E-state index in [4.69, 9.17) is 21.7 Å². The molecule has 5 heteroatoms. The molecule has 24 heavy (non-hydrogen) atoms. The molecule has 126 valence electrons. The van der Waals surface area contributed by atoms with Gasteiger partial charge in [0.25, 0.3) is 0 Å². The Labute approximate surface area is 156 Å². The smallest absolute Gasteiger partial charge is 0.171 e. The fourth-order valence-corrected chi connectivity index (χ4v) is 3.43. The van der Waals surface area contributed by atoms with Crippen LogP contribution in [0.25, 0.3) is 0 Å². The fourth-order valence-electron chi connectivity index (χ4n) is 2.82. The predicted molar refractivity (Wildman–Crippen MR) is 104 cm³/mol. The first kappa shape index (κ1) is 17.2. The Morgan fingerprint density at radius 2 is 1.83 bits per heavy atom. The lowest BCUT2D eigenvalue weighted by Gasteiger charge is -2.22. The van der Waals surface area contributed by atoms with Gasteiger partial charge in [0.05, 0.1) is 12.7 Å². The van der Waals surface area contributed by atoms with E-state index in [2.05, 4.69) is 20.8 Å². The van der Waals surface area contributed by atoms with Crippen molar-refractivity contribution in [2.24, 2.45) is 0 Å². The third-order valence-corrected chi connectivity index (χ3v) is 5.13. The van der Waals surface area contributed by atoms with E-state index in [1.54, 1.807) is 7.11 Å². The first-order valence-corrected chi connectivity index (χ1v) is 9.22. The summed E-state index contributed by atoms with van der Waals surface area (Å²) in [6, 6.07) is 14.0. The molecule has 0 saturated carbocycles. The molecule has 1 aliphatic heterocycles. The van der Waals surface area contributed by atoms with E-state index in [1.165, 1.54) is 12.8 Å². The number of rotatable bonds is 5. The maximum Gasteiger partial charge on any atom is 0.171 e. The molecular weight excluding hydrogens is 386 g/mol. The molecule has 1 saturated heterocycles. The molecule has 1 fully saturated rings. The van der Waals surface area contributed by atoms with Crippen molar-refractivity contribution < 1.29 is 9.47 Å². The highest BCUT2D eigenvalue weighted by Gasteiger charge is 2.21. The third kappa shape index (κ3) is 3.90. The highest BCUT2D eigenvalue weighted by molar-refractivity contribution is 9.10. The van der Waals surface area contributed by atoms with E-state index in [0.717, 1.165) is 39.4 Å². The molecule has 0 spiro atoms. The van der Waals surface area contributed by atoms with Crippen molar-refractivity contribution in [3.63, 3.8) is 0 Å². The lowest BCUT2D eigenvalue weighted by atomic mass is 10.1. The first-order chi connectivity index (χ1) is 11.7. The number of hydrogen-bond donors (Lipinski definition) is 0. The number of hydrogen-bond acceptors (Lipinski definition) is 3. The SMILES string of the molecule is COc1cccc(C(=S)N2CCCC2)c1OCc1ccc(Br)cc1. The van der Waals surface area contributed by atoms with Gasteiger partial charge in [0.2, 0.25) is 0 Å². The summed E-state index contributed by atoms with van der Waals surface area (Å²) in [5, 5.41) is 0. The highest BCUT2D eigenvalue weighted by Crippen LogP contribution is 2.33. The van der Waals surface area contributed by atoms with Crippen LogP contribution in [-0.4, -0.2) is 30.1 Å². The molecule has 2 aromatic rings. The van der Waals surface area contributed by atoms with E-state index >= 15 is 0 Å². The predicted octanol–water partition coefficient (Wildman–Crippen LogP) is 4.81. The van der Waals surface area contributed by atoms with E-state index in [9.17, 15) is 0 Å². The number of ether oxygens (including phenoxy) is 2. The van der Waals surface area contributed by atoms with Gasteiger partial charge in [-0.2, -0.15) is 0 Å². The van der Waals surface area contributed by atoms with E-state index in [1.807, 2.05) is 42.5 Å². The Kier molecular flexibility index (Phi) is 5.74. The second-order valence-electron chi connectivity index (χ2n) is 5.75. The zero-order valence-corrected chi connectivity index (χ0v) is 16.0. The Morgan fingerprint density at radius 1 is 1.12 bits per heavy atom. The van der Waals surface area contributed by atoms with Crippen LogP contribution in [-0.2, 0) is 6.61 Å². The summed E-state index contributed by atoms with van der Waals surface area (Å²) in [5.41, 5.74) is 2.03. The molecular formula is C19H20BrNO2S. The summed E-state index contributed by atoms with van der Waals surface area (Å²) in [6.45, 7) is 2.51. The molecule has 2 aromatic carbocycles. The van der Waals surface area contributed by atoms with Gasteiger partial charge in [0.1, 0.15) is 11.6 Å². The van der Waals surface area contributed by atoms with Crippen molar-refractivity contribution in [1.82, 2.24) is 4.90 Å². The minimum absolute atomic E-state index is 0.475. The zero-order valence-electron chi connectivity index (χ0n) is 13.6. The molecule has 1 heterocycles. The summed E-state index contributed by atoms with van der Waals surface area (Å²) >= 11 is 9.16. The number of halogens is 1. The van der Waals surface area contributed by atoms with Crippen molar-refractivity contribution >= 4 is 33.1 Å². The van der Waals surface area contributed by atoms with Crippen LogP contribution in [0.4, 0.5) is 0 Å². The molecule has 0 amide bonds. The van der Waals surface area contributed by atoms with Gasteiger partial charge in [-0.05, 0) is 42.7 Å². The lowest BCUT2D eigenvalue weighted by molar-refractivity contribution is 0.283. The molecule has 0 radical (unpaired) electrons. The topological polar surface area (TPSA) is 21.7 Å². The minimum Gasteiger partial charge on any atom is -0.493 e. The summed E-state index contributed by atoms with van der Waals surface area (Å²) < 4.78 is 12.7. The Hall–Kier alpha value is -1.59. The van der Waals surface area contributed by atoms with E-state index in [0.29, 0.717) is 12.4 Å². The quantitative estimate of drug-likeness (QED) is 0.665. The molecule has 0 aliphatic carbocycles. The summed E-state index contributed by atoms with van der Waals surface area (Å²) in [4.78, 5) is 3.09. The van der Waals surface area contributed by atoms with E-state index in [-0.39, 0.29) is 0 Å². The highest BCUT2D eigenvalue weighted by atomic mass is 79.9. The van der Waals surface area contributed by atoms with Crippen molar-refractivity contribution in [1.29, 1.82) is 0 Å². The maximum atomic E-state index is 6.11. The van der Waals surface area contributed by atoms with Crippen molar-refractivity contribution in [2.75, 3.05) is 20.2 Å². The number of para-hydroxylation sites is 1. The van der Waals surface area contributed by atoms with Gasteiger partial charge in [-0.1, -0.05) is 46.3 Å². The maximum absolute atomic E-state index is 6.11. The number of likely N-dealkylation sites (tertiary alicyclic amines) is 1. The minimum atomic E-state index is 0.475. The van der Waals surface area contributed by atoms with Gasteiger partial charge in [-0.3, -0.25) is 0 Å². The van der Waals surface area contributed by atoms with Gasteiger partial charge in [0.15, 0.2) is 11.5 Å². The lowest BCUT2D eigenvalue weighted by Crippen LogP contribution is -2.27. The van der Waals surface area contributed by atoms with Gasteiger partial charge in [-0.25, -0.2) is 0 Å². The standard InChI is InChI=1S/C19H20BrNO2S/c1-22-17-6-4-5-16(19(24)21-11-2-3-12-21)18(17)23-13-14-7-9-15(20)10-8-14/h4-10H,2-3,11-13H2,1H3. The van der Waals surface area contributed by atoms with Gasteiger partial charge < -0.3 is 14.4 Å². The van der Waals surface area contributed by atoms with Crippen LogP contribution in [0.2, 0.25) is 0 Å². The molecule has 0 atom stereocenters.